The molecule has 1 atom stereocenters. The molecule has 0 radical (unpaired) electrons. The Morgan fingerprint density at radius 2 is 1.89 bits per heavy atom. The second-order valence-corrected chi connectivity index (χ2v) is 4.20. The number of rotatable bonds is 7. The smallest absolute Gasteiger partial charge is 0.318 e. The molecule has 0 rings (SSSR count). The van der Waals surface area contributed by atoms with E-state index in [4.69, 9.17) is 10.8 Å². The number of nitrogens with two attached hydrogens (primary N) is 1. The molecule has 0 aliphatic carbocycles. The SMILES string of the molecule is CCN(CCC(=O)O)C(=O)NC(C)(CC)C(N)=O. The Morgan fingerprint density at radius 3 is 2.22 bits per heavy atom. The summed E-state index contributed by atoms with van der Waals surface area (Å²) in [6.07, 6.45) is 0.227. The molecule has 7 heteroatoms. The lowest BCUT2D eigenvalue weighted by atomic mass is 9.98. The van der Waals surface area contributed by atoms with Crippen LogP contribution < -0.4 is 11.1 Å². The van der Waals surface area contributed by atoms with E-state index in [0.717, 1.165) is 0 Å². The van der Waals surface area contributed by atoms with Crippen molar-refractivity contribution < 1.29 is 19.5 Å². The molecule has 0 aromatic rings. The standard InChI is InChI=1S/C11H21N3O4/c1-4-11(3,9(12)17)13-10(18)14(5-2)7-6-8(15)16/h4-7H2,1-3H3,(H2,12,17)(H,13,18)(H,15,16). The van der Waals surface area contributed by atoms with E-state index in [0.29, 0.717) is 13.0 Å². The monoisotopic (exact) mass is 259 g/mol. The summed E-state index contributed by atoms with van der Waals surface area (Å²) in [7, 11) is 0. The van der Waals surface area contributed by atoms with Crippen LogP contribution in [0.3, 0.4) is 0 Å². The molecular weight excluding hydrogens is 238 g/mol. The van der Waals surface area contributed by atoms with E-state index >= 15 is 0 Å². The molecule has 1 unspecified atom stereocenters. The molecule has 104 valence electrons. The molecule has 0 aromatic heterocycles. The summed E-state index contributed by atoms with van der Waals surface area (Å²) in [4.78, 5) is 34.9. The number of carbonyl (C=O) groups excluding carboxylic acids is 2. The number of amides is 3. The summed E-state index contributed by atoms with van der Waals surface area (Å²) in [5.41, 5.74) is 4.11. The second-order valence-electron chi connectivity index (χ2n) is 4.20. The zero-order chi connectivity index (χ0) is 14.3. The zero-order valence-corrected chi connectivity index (χ0v) is 11.0. The Morgan fingerprint density at radius 1 is 1.33 bits per heavy atom. The molecule has 18 heavy (non-hydrogen) atoms. The quantitative estimate of drug-likeness (QED) is 0.603. The molecule has 0 heterocycles. The Balaban J connectivity index is 4.60. The highest BCUT2D eigenvalue weighted by molar-refractivity contribution is 5.89. The van der Waals surface area contributed by atoms with E-state index in [1.54, 1.807) is 13.8 Å². The highest BCUT2D eigenvalue weighted by Crippen LogP contribution is 2.09. The third-order valence-electron chi connectivity index (χ3n) is 2.90. The third kappa shape index (κ3) is 4.60. The molecule has 0 bridgehead atoms. The van der Waals surface area contributed by atoms with Gasteiger partial charge in [0.25, 0.3) is 0 Å². The number of nitrogens with zero attached hydrogens (tertiary/aromatic N) is 1. The van der Waals surface area contributed by atoms with E-state index in [9.17, 15) is 14.4 Å². The largest absolute Gasteiger partial charge is 0.481 e. The first-order valence-corrected chi connectivity index (χ1v) is 5.85. The maximum Gasteiger partial charge on any atom is 0.318 e. The first-order chi connectivity index (χ1) is 8.26. The van der Waals surface area contributed by atoms with Crippen LogP contribution in [0.15, 0.2) is 0 Å². The fourth-order valence-corrected chi connectivity index (χ4v) is 1.27. The molecule has 0 fully saturated rings. The van der Waals surface area contributed by atoms with Crippen LogP contribution >= 0.6 is 0 Å². The number of primary amides is 1. The van der Waals surface area contributed by atoms with Gasteiger partial charge in [-0.15, -0.1) is 0 Å². The molecule has 0 aromatic carbocycles. The van der Waals surface area contributed by atoms with Crippen LogP contribution in [0.25, 0.3) is 0 Å². The van der Waals surface area contributed by atoms with Crippen LogP contribution in [0.5, 0.6) is 0 Å². The fraction of sp³-hybridized carbons (Fsp3) is 0.727. The predicted octanol–water partition coefficient (Wildman–Crippen LogP) is 0.147. The highest BCUT2D eigenvalue weighted by atomic mass is 16.4. The second kappa shape index (κ2) is 6.83. The van der Waals surface area contributed by atoms with Gasteiger partial charge in [-0.05, 0) is 20.3 Å². The lowest BCUT2D eigenvalue weighted by molar-refractivity contribution is -0.137. The van der Waals surface area contributed by atoms with Crippen molar-refractivity contribution in [1.82, 2.24) is 10.2 Å². The Kier molecular flexibility index (Phi) is 6.15. The maximum atomic E-state index is 11.9. The first-order valence-electron chi connectivity index (χ1n) is 5.85. The molecule has 0 spiro atoms. The van der Waals surface area contributed by atoms with Crippen LogP contribution in [-0.4, -0.2) is 46.5 Å². The molecule has 0 aliphatic heterocycles. The molecular formula is C11H21N3O4. The normalized spacial score (nSPS) is 13.5. The van der Waals surface area contributed by atoms with Gasteiger partial charge in [0.1, 0.15) is 5.54 Å². The van der Waals surface area contributed by atoms with Gasteiger partial charge in [-0.2, -0.15) is 0 Å². The van der Waals surface area contributed by atoms with Crippen molar-refractivity contribution in [3.63, 3.8) is 0 Å². The van der Waals surface area contributed by atoms with Crippen molar-refractivity contribution in [3.8, 4) is 0 Å². The van der Waals surface area contributed by atoms with Gasteiger partial charge in [-0.3, -0.25) is 9.59 Å². The average molecular weight is 259 g/mol. The van der Waals surface area contributed by atoms with E-state index < -0.39 is 23.4 Å². The van der Waals surface area contributed by atoms with Crippen molar-refractivity contribution >= 4 is 17.9 Å². The van der Waals surface area contributed by atoms with Crippen LogP contribution in [0.4, 0.5) is 4.79 Å². The molecule has 0 aliphatic rings. The van der Waals surface area contributed by atoms with Crippen molar-refractivity contribution in [2.24, 2.45) is 5.73 Å². The molecule has 0 saturated carbocycles. The summed E-state index contributed by atoms with van der Waals surface area (Å²) in [6.45, 7) is 5.46. The number of carboxylic acids is 1. The number of urea groups is 1. The minimum absolute atomic E-state index is 0.0935. The summed E-state index contributed by atoms with van der Waals surface area (Å²) >= 11 is 0. The average Bonchev–Trinajstić information content (AvgIpc) is 2.28. The predicted molar refractivity (Wildman–Crippen MR) is 65.9 cm³/mol. The van der Waals surface area contributed by atoms with Crippen molar-refractivity contribution in [1.29, 1.82) is 0 Å². The Bertz CT molecular complexity index is 332. The van der Waals surface area contributed by atoms with Gasteiger partial charge in [0.05, 0.1) is 6.42 Å². The molecule has 0 saturated heterocycles. The van der Waals surface area contributed by atoms with E-state index in [1.165, 1.54) is 11.8 Å². The summed E-state index contributed by atoms with van der Waals surface area (Å²) < 4.78 is 0. The van der Waals surface area contributed by atoms with Crippen molar-refractivity contribution in [2.45, 2.75) is 39.2 Å². The van der Waals surface area contributed by atoms with Crippen LogP contribution in [0.2, 0.25) is 0 Å². The number of nitrogens with one attached hydrogen (secondary N) is 1. The van der Waals surface area contributed by atoms with Gasteiger partial charge in [0.15, 0.2) is 0 Å². The molecule has 4 N–H and O–H groups in total. The van der Waals surface area contributed by atoms with E-state index in [-0.39, 0.29) is 13.0 Å². The number of carbonyl (C=O) groups is 3. The number of aliphatic carboxylic acids is 1. The van der Waals surface area contributed by atoms with Crippen LogP contribution in [0, 0.1) is 0 Å². The zero-order valence-electron chi connectivity index (χ0n) is 11.0. The van der Waals surface area contributed by atoms with Crippen LogP contribution in [-0.2, 0) is 9.59 Å². The summed E-state index contributed by atoms with van der Waals surface area (Å²) in [5.74, 6) is -1.60. The van der Waals surface area contributed by atoms with Crippen LogP contribution in [0.1, 0.15) is 33.6 Å². The third-order valence-corrected chi connectivity index (χ3v) is 2.90. The minimum Gasteiger partial charge on any atom is -0.481 e. The minimum atomic E-state index is -1.12. The van der Waals surface area contributed by atoms with E-state index in [2.05, 4.69) is 5.32 Å². The topological polar surface area (TPSA) is 113 Å². The van der Waals surface area contributed by atoms with Gasteiger partial charge in [0, 0.05) is 13.1 Å². The fourth-order valence-electron chi connectivity index (χ4n) is 1.27. The van der Waals surface area contributed by atoms with Crippen molar-refractivity contribution in [2.75, 3.05) is 13.1 Å². The Labute approximate surface area is 106 Å². The van der Waals surface area contributed by atoms with Gasteiger partial charge in [-0.25, -0.2) is 4.79 Å². The lowest BCUT2D eigenvalue weighted by Crippen LogP contribution is -2.58. The van der Waals surface area contributed by atoms with Crippen molar-refractivity contribution in [3.05, 3.63) is 0 Å². The summed E-state index contributed by atoms with van der Waals surface area (Å²) in [6, 6.07) is -0.484. The van der Waals surface area contributed by atoms with Gasteiger partial charge < -0.3 is 21.1 Å². The van der Waals surface area contributed by atoms with Gasteiger partial charge in [-0.1, -0.05) is 6.92 Å². The van der Waals surface area contributed by atoms with Gasteiger partial charge in [0.2, 0.25) is 5.91 Å². The first kappa shape index (κ1) is 16.2. The summed E-state index contributed by atoms with van der Waals surface area (Å²) in [5, 5.41) is 11.1. The maximum absolute atomic E-state index is 11.9. The van der Waals surface area contributed by atoms with E-state index in [1.807, 2.05) is 0 Å². The lowest BCUT2D eigenvalue weighted by Gasteiger charge is -2.30. The highest BCUT2D eigenvalue weighted by Gasteiger charge is 2.32. The number of carboxylic acid groups (broad SMARTS) is 1. The molecule has 7 nitrogen and oxygen atoms in total. The number of hydrogen-bond donors (Lipinski definition) is 3. The Hall–Kier alpha value is -1.79. The van der Waals surface area contributed by atoms with Gasteiger partial charge >= 0.3 is 12.0 Å². The number of hydrogen-bond acceptors (Lipinski definition) is 3. The molecule has 3 amide bonds.